The number of nitrogens with zero attached hydrogens (tertiary/aromatic N) is 3. The van der Waals surface area contributed by atoms with Crippen LogP contribution >= 0.6 is 24.0 Å². The summed E-state index contributed by atoms with van der Waals surface area (Å²) in [6.45, 7) is 3.24. The number of rotatable bonds is 9. The van der Waals surface area contributed by atoms with E-state index in [0.717, 1.165) is 24.4 Å². The zero-order valence-corrected chi connectivity index (χ0v) is 18.8. The fraction of sp³-hybridized carbons (Fsp3) is 0.389. The maximum Gasteiger partial charge on any atom is 0.433 e. The molecule has 31 heavy (non-hydrogen) atoms. The van der Waals surface area contributed by atoms with E-state index in [1.54, 1.807) is 0 Å². The van der Waals surface area contributed by atoms with E-state index in [1.165, 1.54) is 6.07 Å². The minimum Gasteiger partial charge on any atom is -0.489 e. The van der Waals surface area contributed by atoms with Crippen LogP contribution in [0.4, 0.5) is 27.9 Å². The fourth-order valence-corrected chi connectivity index (χ4v) is 2.20. The summed E-state index contributed by atoms with van der Waals surface area (Å²) in [6.07, 6.45) is -3.52. The van der Waals surface area contributed by atoms with Crippen LogP contribution in [-0.4, -0.2) is 48.7 Å². The number of anilines is 1. The molecule has 0 bridgehead atoms. The maximum absolute atomic E-state index is 13.5. The van der Waals surface area contributed by atoms with Gasteiger partial charge in [0.05, 0.1) is 13.1 Å². The van der Waals surface area contributed by atoms with Gasteiger partial charge in [-0.2, -0.15) is 13.2 Å². The Balaban J connectivity index is 0.00000480. The summed E-state index contributed by atoms with van der Waals surface area (Å²) in [4.78, 5) is 11.4. The minimum absolute atomic E-state index is 0. The normalized spacial score (nSPS) is 11.5. The zero-order chi connectivity index (χ0) is 22.0. The average Bonchev–Trinajstić information content (AvgIpc) is 2.69. The van der Waals surface area contributed by atoms with Crippen LogP contribution in [0.2, 0.25) is 0 Å². The van der Waals surface area contributed by atoms with Crippen molar-refractivity contribution in [3.63, 3.8) is 0 Å². The predicted molar refractivity (Wildman–Crippen MR) is 117 cm³/mol. The molecule has 1 aromatic carbocycles. The van der Waals surface area contributed by atoms with Crippen molar-refractivity contribution < 1.29 is 26.7 Å². The van der Waals surface area contributed by atoms with Crippen LogP contribution < -0.4 is 20.7 Å². The van der Waals surface area contributed by atoms with Crippen LogP contribution in [0.1, 0.15) is 12.6 Å². The van der Waals surface area contributed by atoms with Crippen LogP contribution in [0.3, 0.4) is 0 Å². The molecule has 172 valence electrons. The van der Waals surface area contributed by atoms with Gasteiger partial charge in [-0.05, 0) is 25.1 Å². The molecule has 0 unspecified atom stereocenters. The Hall–Kier alpha value is -2.45. The molecule has 2 rings (SSSR count). The van der Waals surface area contributed by atoms with Gasteiger partial charge in [-0.25, -0.2) is 18.7 Å². The molecule has 3 N–H and O–H groups in total. The molecule has 0 saturated heterocycles. The van der Waals surface area contributed by atoms with Gasteiger partial charge in [0, 0.05) is 25.4 Å². The smallest absolute Gasteiger partial charge is 0.433 e. The Morgan fingerprint density at radius 3 is 2.58 bits per heavy atom. The molecule has 0 aliphatic carbocycles. The molecular weight excluding hydrogens is 538 g/mol. The van der Waals surface area contributed by atoms with Crippen molar-refractivity contribution in [1.82, 2.24) is 20.6 Å². The van der Waals surface area contributed by atoms with Gasteiger partial charge in [0.15, 0.2) is 17.5 Å². The first-order valence-electron chi connectivity index (χ1n) is 9.03. The first-order valence-corrected chi connectivity index (χ1v) is 9.03. The van der Waals surface area contributed by atoms with Crippen molar-refractivity contribution in [1.29, 1.82) is 0 Å². The number of aromatic nitrogens is 2. The molecule has 2 aromatic rings. The number of benzene rings is 1. The maximum atomic E-state index is 13.5. The molecule has 0 radical (unpaired) electrons. The summed E-state index contributed by atoms with van der Waals surface area (Å²) in [7, 11) is 0. The third-order valence-corrected chi connectivity index (χ3v) is 3.50. The summed E-state index contributed by atoms with van der Waals surface area (Å²) in [6, 6.07) is 3.82. The van der Waals surface area contributed by atoms with Gasteiger partial charge in [-0.15, -0.1) is 24.0 Å². The number of alkyl halides is 3. The lowest BCUT2D eigenvalue weighted by Crippen LogP contribution is -2.39. The van der Waals surface area contributed by atoms with Crippen molar-refractivity contribution in [2.45, 2.75) is 13.1 Å². The summed E-state index contributed by atoms with van der Waals surface area (Å²) in [5.41, 5.74) is -1.03. The molecule has 0 atom stereocenters. The fourth-order valence-electron chi connectivity index (χ4n) is 2.20. The molecular formula is C18H22F5IN6O. The largest absolute Gasteiger partial charge is 0.489 e. The van der Waals surface area contributed by atoms with Crippen LogP contribution in [0.25, 0.3) is 0 Å². The van der Waals surface area contributed by atoms with Gasteiger partial charge in [-0.3, -0.25) is 4.99 Å². The highest BCUT2D eigenvalue weighted by atomic mass is 127. The van der Waals surface area contributed by atoms with E-state index >= 15 is 0 Å². The molecule has 0 spiro atoms. The Labute approximate surface area is 192 Å². The number of nitrogens with one attached hydrogen (secondary N) is 3. The first-order chi connectivity index (χ1) is 14.3. The van der Waals surface area contributed by atoms with Crippen LogP contribution in [0.15, 0.2) is 35.5 Å². The second-order valence-corrected chi connectivity index (χ2v) is 5.80. The number of guanidine groups is 1. The SMILES string of the molecule is CCNC(=NCCNc1nccc(C(F)(F)F)n1)NCCOc1ccc(F)cc1F.I. The van der Waals surface area contributed by atoms with Crippen molar-refractivity contribution >= 4 is 35.9 Å². The lowest BCUT2D eigenvalue weighted by molar-refractivity contribution is -0.141. The van der Waals surface area contributed by atoms with Crippen molar-refractivity contribution in [2.75, 3.05) is 38.1 Å². The molecule has 7 nitrogen and oxygen atoms in total. The van der Waals surface area contributed by atoms with Gasteiger partial charge in [0.1, 0.15) is 18.1 Å². The zero-order valence-electron chi connectivity index (χ0n) is 16.5. The van der Waals surface area contributed by atoms with Gasteiger partial charge in [0.2, 0.25) is 5.95 Å². The molecule has 0 saturated carbocycles. The van der Waals surface area contributed by atoms with E-state index in [0.29, 0.717) is 12.5 Å². The Morgan fingerprint density at radius 2 is 1.90 bits per heavy atom. The van der Waals surface area contributed by atoms with E-state index in [1.807, 2.05) is 6.92 Å². The van der Waals surface area contributed by atoms with E-state index < -0.39 is 23.5 Å². The summed E-state index contributed by atoms with van der Waals surface area (Å²) >= 11 is 0. The third-order valence-electron chi connectivity index (χ3n) is 3.50. The molecule has 0 aliphatic rings. The average molecular weight is 560 g/mol. The lowest BCUT2D eigenvalue weighted by atomic mass is 10.3. The minimum atomic E-state index is -4.54. The molecule has 0 aliphatic heterocycles. The van der Waals surface area contributed by atoms with Crippen LogP contribution in [0.5, 0.6) is 5.75 Å². The summed E-state index contributed by atoms with van der Waals surface area (Å²) in [5.74, 6) is -1.26. The first kappa shape index (κ1) is 26.6. The van der Waals surface area contributed by atoms with E-state index in [-0.39, 0.29) is 61.9 Å². The van der Waals surface area contributed by atoms with E-state index in [2.05, 4.69) is 30.9 Å². The third kappa shape index (κ3) is 9.48. The number of aliphatic imine (C=N–C) groups is 1. The molecule has 0 amide bonds. The van der Waals surface area contributed by atoms with E-state index in [9.17, 15) is 22.0 Å². The topological polar surface area (TPSA) is 83.5 Å². The Bertz CT molecular complexity index is 852. The van der Waals surface area contributed by atoms with Crippen molar-refractivity contribution in [2.24, 2.45) is 4.99 Å². The highest BCUT2D eigenvalue weighted by Crippen LogP contribution is 2.27. The lowest BCUT2D eigenvalue weighted by Gasteiger charge is -2.12. The second-order valence-electron chi connectivity index (χ2n) is 5.80. The molecule has 0 fully saturated rings. The standard InChI is InChI=1S/C18H21F5N6O.HI/c1-2-24-16(28-9-10-30-14-4-3-12(19)11-13(14)20)26-7-8-27-17-25-6-5-15(29-17)18(21,22)23;/h3-6,11H,2,7-10H2,1H3,(H2,24,26,28)(H,25,27,29);1H. The number of hydrogen-bond donors (Lipinski definition) is 3. The Kier molecular flexibility index (Phi) is 11.2. The van der Waals surface area contributed by atoms with Gasteiger partial charge < -0.3 is 20.7 Å². The predicted octanol–water partition coefficient (Wildman–Crippen LogP) is 3.44. The van der Waals surface area contributed by atoms with Gasteiger partial charge in [0.25, 0.3) is 0 Å². The highest BCUT2D eigenvalue weighted by molar-refractivity contribution is 14.0. The highest BCUT2D eigenvalue weighted by Gasteiger charge is 2.32. The number of ether oxygens (including phenoxy) is 1. The summed E-state index contributed by atoms with van der Waals surface area (Å²) < 4.78 is 69.5. The quantitative estimate of drug-likeness (QED) is 0.143. The van der Waals surface area contributed by atoms with E-state index in [4.69, 9.17) is 4.74 Å². The monoisotopic (exact) mass is 560 g/mol. The number of halogens is 6. The van der Waals surface area contributed by atoms with Gasteiger partial charge in [-0.1, -0.05) is 0 Å². The number of hydrogen-bond acceptors (Lipinski definition) is 5. The van der Waals surface area contributed by atoms with Gasteiger partial charge >= 0.3 is 6.18 Å². The molecule has 13 heteroatoms. The Morgan fingerprint density at radius 1 is 1.13 bits per heavy atom. The molecule has 1 heterocycles. The van der Waals surface area contributed by atoms with Crippen LogP contribution in [-0.2, 0) is 6.18 Å². The second kappa shape index (κ2) is 13.1. The van der Waals surface area contributed by atoms with Crippen molar-refractivity contribution in [3.8, 4) is 5.75 Å². The molecule has 1 aromatic heterocycles. The van der Waals surface area contributed by atoms with Crippen LogP contribution in [0, 0.1) is 11.6 Å². The summed E-state index contributed by atoms with van der Waals surface area (Å²) in [5, 5.41) is 8.61. The van der Waals surface area contributed by atoms with Crippen molar-refractivity contribution in [3.05, 3.63) is 47.8 Å².